The molecule has 0 N–H and O–H groups in total. The molecule has 1 aromatic carbocycles. The SMILES string of the molecule is CCCCCCSc1cccc(Br)c1. The number of unbranched alkanes of at least 4 members (excludes halogenated alkanes) is 3. The molecule has 0 spiro atoms. The monoisotopic (exact) mass is 272 g/mol. The van der Waals surface area contributed by atoms with Gasteiger partial charge in [0.15, 0.2) is 0 Å². The van der Waals surface area contributed by atoms with Gasteiger partial charge in [0.25, 0.3) is 0 Å². The summed E-state index contributed by atoms with van der Waals surface area (Å²) in [7, 11) is 0. The molecule has 0 nitrogen and oxygen atoms in total. The lowest BCUT2D eigenvalue weighted by Crippen LogP contribution is -1.81. The van der Waals surface area contributed by atoms with E-state index in [2.05, 4.69) is 47.1 Å². The second-order valence-corrected chi connectivity index (χ2v) is 5.45. The Morgan fingerprint density at radius 3 is 2.79 bits per heavy atom. The lowest BCUT2D eigenvalue weighted by Gasteiger charge is -2.01. The molecular weight excluding hydrogens is 256 g/mol. The summed E-state index contributed by atoms with van der Waals surface area (Å²) in [6, 6.07) is 8.53. The zero-order valence-electron chi connectivity index (χ0n) is 8.63. The molecule has 0 bridgehead atoms. The van der Waals surface area contributed by atoms with Crippen molar-refractivity contribution in [1.29, 1.82) is 0 Å². The molecule has 0 fully saturated rings. The van der Waals surface area contributed by atoms with Crippen LogP contribution in [0.5, 0.6) is 0 Å². The molecule has 0 amide bonds. The van der Waals surface area contributed by atoms with Gasteiger partial charge in [0, 0.05) is 9.37 Å². The van der Waals surface area contributed by atoms with E-state index < -0.39 is 0 Å². The first-order chi connectivity index (χ1) is 6.83. The molecule has 0 heterocycles. The van der Waals surface area contributed by atoms with E-state index in [0.717, 1.165) is 0 Å². The van der Waals surface area contributed by atoms with Crippen LogP contribution in [0.25, 0.3) is 0 Å². The minimum atomic E-state index is 1.18. The Bertz CT molecular complexity index is 260. The summed E-state index contributed by atoms with van der Waals surface area (Å²) in [6.45, 7) is 2.25. The van der Waals surface area contributed by atoms with Gasteiger partial charge in [-0.25, -0.2) is 0 Å². The number of rotatable bonds is 6. The van der Waals surface area contributed by atoms with Gasteiger partial charge in [0.2, 0.25) is 0 Å². The molecule has 0 unspecified atom stereocenters. The van der Waals surface area contributed by atoms with Gasteiger partial charge in [-0.15, -0.1) is 11.8 Å². The summed E-state index contributed by atoms with van der Waals surface area (Å²) in [5, 5.41) is 0. The van der Waals surface area contributed by atoms with Crippen LogP contribution in [0.1, 0.15) is 32.6 Å². The largest absolute Gasteiger partial charge is 0.126 e. The molecule has 0 aliphatic heterocycles. The van der Waals surface area contributed by atoms with E-state index >= 15 is 0 Å². The maximum atomic E-state index is 3.48. The van der Waals surface area contributed by atoms with Crippen LogP contribution in [-0.4, -0.2) is 5.75 Å². The normalized spacial score (nSPS) is 10.4. The fourth-order valence-corrected chi connectivity index (χ4v) is 2.80. The van der Waals surface area contributed by atoms with E-state index in [4.69, 9.17) is 0 Å². The fourth-order valence-electron chi connectivity index (χ4n) is 1.28. The van der Waals surface area contributed by atoms with Crippen LogP contribution in [-0.2, 0) is 0 Å². The van der Waals surface area contributed by atoms with Gasteiger partial charge >= 0.3 is 0 Å². The predicted molar refractivity (Wildman–Crippen MR) is 69.0 cm³/mol. The fraction of sp³-hybridized carbons (Fsp3) is 0.500. The molecule has 1 aromatic rings. The minimum absolute atomic E-state index is 1.18. The highest BCUT2D eigenvalue weighted by atomic mass is 79.9. The van der Waals surface area contributed by atoms with E-state index in [1.807, 2.05) is 11.8 Å². The average Bonchev–Trinajstić information content (AvgIpc) is 2.18. The molecule has 0 saturated carbocycles. The van der Waals surface area contributed by atoms with Crippen molar-refractivity contribution in [1.82, 2.24) is 0 Å². The third kappa shape index (κ3) is 5.06. The molecule has 0 aliphatic carbocycles. The second kappa shape index (κ2) is 7.36. The van der Waals surface area contributed by atoms with Gasteiger partial charge in [0.1, 0.15) is 0 Å². The van der Waals surface area contributed by atoms with Crippen LogP contribution >= 0.6 is 27.7 Å². The van der Waals surface area contributed by atoms with Crippen LogP contribution in [0.15, 0.2) is 33.6 Å². The number of thioether (sulfide) groups is 1. The molecule has 0 radical (unpaired) electrons. The third-order valence-corrected chi connectivity index (χ3v) is 3.64. The van der Waals surface area contributed by atoms with Crippen LogP contribution in [0, 0.1) is 0 Å². The zero-order valence-corrected chi connectivity index (χ0v) is 11.0. The predicted octanol–water partition coefficient (Wildman–Crippen LogP) is 5.12. The summed E-state index contributed by atoms with van der Waals surface area (Å²) in [6.07, 6.45) is 5.41. The van der Waals surface area contributed by atoms with Crippen molar-refractivity contribution in [3.63, 3.8) is 0 Å². The van der Waals surface area contributed by atoms with Gasteiger partial charge in [0.05, 0.1) is 0 Å². The summed E-state index contributed by atoms with van der Waals surface area (Å²) < 4.78 is 1.18. The van der Waals surface area contributed by atoms with E-state index in [0.29, 0.717) is 0 Å². The van der Waals surface area contributed by atoms with Gasteiger partial charge < -0.3 is 0 Å². The summed E-state index contributed by atoms with van der Waals surface area (Å²) in [4.78, 5) is 1.37. The molecular formula is C12H17BrS. The maximum absolute atomic E-state index is 3.48. The van der Waals surface area contributed by atoms with Crippen molar-refractivity contribution in [2.75, 3.05) is 5.75 Å². The molecule has 78 valence electrons. The maximum Gasteiger partial charge on any atom is 0.0186 e. The molecule has 2 heteroatoms. The van der Waals surface area contributed by atoms with Crippen molar-refractivity contribution in [2.24, 2.45) is 0 Å². The van der Waals surface area contributed by atoms with Crippen molar-refractivity contribution < 1.29 is 0 Å². The molecule has 14 heavy (non-hydrogen) atoms. The molecule has 0 atom stereocenters. The molecule has 1 rings (SSSR count). The Labute approximate surface area is 99.6 Å². The smallest absolute Gasteiger partial charge is 0.0186 e. The first-order valence-electron chi connectivity index (χ1n) is 5.21. The first-order valence-corrected chi connectivity index (χ1v) is 6.99. The van der Waals surface area contributed by atoms with Crippen molar-refractivity contribution in [2.45, 2.75) is 37.5 Å². The molecule has 0 aliphatic rings. The van der Waals surface area contributed by atoms with Gasteiger partial charge in [-0.3, -0.25) is 0 Å². The zero-order chi connectivity index (χ0) is 10.2. The highest BCUT2D eigenvalue weighted by molar-refractivity contribution is 9.10. The van der Waals surface area contributed by atoms with Crippen LogP contribution in [0.2, 0.25) is 0 Å². The highest BCUT2D eigenvalue weighted by Gasteiger charge is 1.94. The second-order valence-electron chi connectivity index (χ2n) is 3.37. The number of benzene rings is 1. The van der Waals surface area contributed by atoms with Crippen LogP contribution < -0.4 is 0 Å². The Hall–Kier alpha value is 0.0500. The van der Waals surface area contributed by atoms with Crippen molar-refractivity contribution >= 4 is 27.7 Å². The summed E-state index contributed by atoms with van der Waals surface area (Å²) in [5.74, 6) is 1.25. The Kier molecular flexibility index (Phi) is 6.37. The lowest BCUT2D eigenvalue weighted by molar-refractivity contribution is 0.706. The Balaban J connectivity index is 2.18. The minimum Gasteiger partial charge on any atom is -0.126 e. The number of hydrogen-bond donors (Lipinski definition) is 0. The van der Waals surface area contributed by atoms with E-state index in [9.17, 15) is 0 Å². The first kappa shape index (κ1) is 12.1. The Morgan fingerprint density at radius 1 is 1.21 bits per heavy atom. The van der Waals surface area contributed by atoms with Crippen LogP contribution in [0.4, 0.5) is 0 Å². The molecule has 0 aromatic heterocycles. The van der Waals surface area contributed by atoms with E-state index in [-0.39, 0.29) is 0 Å². The van der Waals surface area contributed by atoms with Crippen molar-refractivity contribution in [3.05, 3.63) is 28.7 Å². The van der Waals surface area contributed by atoms with Crippen molar-refractivity contribution in [3.8, 4) is 0 Å². The van der Waals surface area contributed by atoms with E-state index in [1.54, 1.807) is 0 Å². The van der Waals surface area contributed by atoms with Gasteiger partial charge in [-0.1, -0.05) is 48.2 Å². The van der Waals surface area contributed by atoms with Gasteiger partial charge in [-0.2, -0.15) is 0 Å². The van der Waals surface area contributed by atoms with Crippen LogP contribution in [0.3, 0.4) is 0 Å². The average molecular weight is 273 g/mol. The summed E-state index contributed by atoms with van der Waals surface area (Å²) >= 11 is 5.44. The number of halogens is 1. The highest BCUT2D eigenvalue weighted by Crippen LogP contribution is 2.22. The van der Waals surface area contributed by atoms with Gasteiger partial charge in [-0.05, 0) is 30.4 Å². The molecule has 0 saturated heterocycles. The number of hydrogen-bond acceptors (Lipinski definition) is 1. The summed E-state index contributed by atoms with van der Waals surface area (Å²) in [5.41, 5.74) is 0. The quantitative estimate of drug-likeness (QED) is 0.512. The standard InChI is InChI=1S/C12H17BrS/c1-2-3-4-5-9-14-12-8-6-7-11(13)10-12/h6-8,10H,2-5,9H2,1H3. The third-order valence-electron chi connectivity index (χ3n) is 2.06. The van der Waals surface area contributed by atoms with E-state index in [1.165, 1.54) is 40.8 Å². The lowest BCUT2D eigenvalue weighted by atomic mass is 10.2. The topological polar surface area (TPSA) is 0 Å². The Morgan fingerprint density at radius 2 is 2.07 bits per heavy atom.